The number of hydrogen-bond acceptors (Lipinski definition) is 7. The van der Waals surface area contributed by atoms with Crippen molar-refractivity contribution in [2.45, 2.75) is 18.6 Å². The van der Waals surface area contributed by atoms with Crippen LogP contribution in [-0.4, -0.2) is 105 Å². The predicted molar refractivity (Wildman–Crippen MR) is 128 cm³/mol. The molecule has 10 nitrogen and oxygen atoms in total. The average Bonchev–Trinajstić information content (AvgIpc) is 3.31. The first-order valence-corrected chi connectivity index (χ1v) is 13.3. The van der Waals surface area contributed by atoms with Crippen LogP contribution in [0.15, 0.2) is 18.3 Å². The van der Waals surface area contributed by atoms with E-state index in [1.54, 1.807) is 4.90 Å². The summed E-state index contributed by atoms with van der Waals surface area (Å²) < 4.78 is 67.9. The Morgan fingerprint density at radius 3 is 2.28 bits per heavy atom. The van der Waals surface area contributed by atoms with Gasteiger partial charge in [0.2, 0.25) is 0 Å². The number of piperazine rings is 1. The standard InChI is InChI=1S/C23H29F2N5O5S/c1-27(2)36(32,33)30-9-7-29(8-10-30)22(31)18-15-26-20-17(13-16(24)14-19(20)25)21(18)28-5-3-23(4-6-28)34-11-12-35-23/h13-15H,3-12H2,1-2H3. The first kappa shape index (κ1) is 25.2. The number of pyridine rings is 1. The van der Waals surface area contributed by atoms with Gasteiger partial charge in [0.25, 0.3) is 16.1 Å². The lowest BCUT2D eigenvalue weighted by atomic mass is 9.99. The normalized spacial score (nSPS) is 21.1. The van der Waals surface area contributed by atoms with Crippen LogP contribution in [0.25, 0.3) is 10.9 Å². The fourth-order valence-electron chi connectivity index (χ4n) is 5.09. The molecule has 0 aliphatic carbocycles. The lowest BCUT2D eigenvalue weighted by Crippen LogP contribution is -2.53. The smallest absolute Gasteiger partial charge is 0.281 e. The molecule has 4 heterocycles. The number of benzene rings is 1. The minimum Gasteiger partial charge on any atom is -0.370 e. The summed E-state index contributed by atoms with van der Waals surface area (Å²) in [7, 11) is -0.666. The summed E-state index contributed by atoms with van der Waals surface area (Å²) in [6, 6.07) is 1.97. The zero-order valence-electron chi connectivity index (χ0n) is 20.2. The zero-order valence-corrected chi connectivity index (χ0v) is 21.1. The van der Waals surface area contributed by atoms with Crippen LogP contribution in [-0.2, 0) is 19.7 Å². The summed E-state index contributed by atoms with van der Waals surface area (Å²) >= 11 is 0. The lowest BCUT2D eigenvalue weighted by Gasteiger charge is -2.40. The number of halogens is 2. The Labute approximate surface area is 208 Å². The van der Waals surface area contributed by atoms with Gasteiger partial charge in [0.15, 0.2) is 11.6 Å². The van der Waals surface area contributed by atoms with Gasteiger partial charge in [0.1, 0.15) is 11.3 Å². The van der Waals surface area contributed by atoms with Gasteiger partial charge >= 0.3 is 0 Å². The maximum Gasteiger partial charge on any atom is 0.281 e. The molecule has 36 heavy (non-hydrogen) atoms. The molecule has 13 heteroatoms. The molecule has 5 rings (SSSR count). The van der Waals surface area contributed by atoms with E-state index in [9.17, 15) is 22.0 Å². The number of anilines is 1. The summed E-state index contributed by atoms with van der Waals surface area (Å²) in [5.74, 6) is -2.58. The third-order valence-electron chi connectivity index (χ3n) is 7.06. The molecule has 0 radical (unpaired) electrons. The van der Waals surface area contributed by atoms with E-state index in [1.807, 2.05) is 4.90 Å². The van der Waals surface area contributed by atoms with Crippen molar-refractivity contribution < 1.29 is 31.5 Å². The number of hydrogen-bond donors (Lipinski definition) is 0. The molecular weight excluding hydrogens is 496 g/mol. The molecule has 2 aromatic rings. The van der Waals surface area contributed by atoms with Gasteiger partial charge in [-0.05, 0) is 6.07 Å². The number of amides is 1. The predicted octanol–water partition coefficient (Wildman–Crippen LogP) is 1.42. The van der Waals surface area contributed by atoms with Gasteiger partial charge in [-0.25, -0.2) is 8.78 Å². The van der Waals surface area contributed by atoms with E-state index in [4.69, 9.17) is 9.47 Å². The number of nitrogens with zero attached hydrogens (tertiary/aromatic N) is 5. The molecule has 1 amide bonds. The van der Waals surface area contributed by atoms with Crippen molar-refractivity contribution in [1.29, 1.82) is 0 Å². The Hall–Kier alpha value is -2.45. The number of fused-ring (bicyclic) bond motifs is 1. The quantitative estimate of drug-likeness (QED) is 0.596. The summed E-state index contributed by atoms with van der Waals surface area (Å²) in [4.78, 5) is 21.3. The molecule has 0 atom stereocenters. The second-order valence-electron chi connectivity index (χ2n) is 9.38. The van der Waals surface area contributed by atoms with Gasteiger partial charge in [0.05, 0.1) is 24.5 Å². The SMILES string of the molecule is CN(C)S(=O)(=O)N1CCN(C(=O)c2cnc3c(F)cc(F)cc3c2N2CCC3(CC2)OCCO3)CC1. The molecule has 0 saturated carbocycles. The van der Waals surface area contributed by atoms with Gasteiger partial charge in [0, 0.05) is 83.9 Å². The van der Waals surface area contributed by atoms with Gasteiger partial charge in [-0.3, -0.25) is 9.78 Å². The van der Waals surface area contributed by atoms with Crippen molar-refractivity contribution in [1.82, 2.24) is 18.5 Å². The number of carbonyl (C=O) groups is 1. The van der Waals surface area contributed by atoms with Crippen LogP contribution in [0.5, 0.6) is 0 Å². The van der Waals surface area contributed by atoms with Crippen LogP contribution in [0.4, 0.5) is 14.5 Å². The Morgan fingerprint density at radius 1 is 1.03 bits per heavy atom. The lowest BCUT2D eigenvalue weighted by molar-refractivity contribution is -0.169. The Balaban J connectivity index is 1.47. The molecule has 3 saturated heterocycles. The molecule has 0 N–H and O–H groups in total. The van der Waals surface area contributed by atoms with Crippen molar-refractivity contribution in [2.24, 2.45) is 0 Å². The van der Waals surface area contributed by atoms with Crippen LogP contribution in [0.1, 0.15) is 23.2 Å². The van der Waals surface area contributed by atoms with Gasteiger partial charge in [-0.15, -0.1) is 0 Å². The molecular formula is C23H29F2N5O5S. The monoisotopic (exact) mass is 525 g/mol. The summed E-state index contributed by atoms with van der Waals surface area (Å²) in [6.07, 6.45) is 2.42. The second kappa shape index (κ2) is 9.45. The maximum atomic E-state index is 14.6. The highest BCUT2D eigenvalue weighted by Crippen LogP contribution is 2.38. The van der Waals surface area contributed by atoms with Crippen LogP contribution < -0.4 is 4.90 Å². The van der Waals surface area contributed by atoms with E-state index in [2.05, 4.69) is 4.98 Å². The average molecular weight is 526 g/mol. The van der Waals surface area contributed by atoms with Crippen molar-refractivity contribution in [3.05, 3.63) is 35.5 Å². The maximum absolute atomic E-state index is 14.6. The topological polar surface area (TPSA) is 95.5 Å². The van der Waals surface area contributed by atoms with Crippen molar-refractivity contribution in [2.75, 3.05) is 71.5 Å². The largest absolute Gasteiger partial charge is 0.370 e. The first-order chi connectivity index (χ1) is 17.1. The third kappa shape index (κ3) is 4.43. The van der Waals surface area contributed by atoms with Gasteiger partial charge in [-0.1, -0.05) is 0 Å². The van der Waals surface area contributed by atoms with E-state index >= 15 is 0 Å². The van der Waals surface area contributed by atoms with Gasteiger partial charge < -0.3 is 19.3 Å². The molecule has 3 fully saturated rings. The Morgan fingerprint density at radius 2 is 1.67 bits per heavy atom. The van der Waals surface area contributed by atoms with Crippen LogP contribution in [0, 0.1) is 11.6 Å². The van der Waals surface area contributed by atoms with E-state index in [0.717, 1.165) is 10.4 Å². The highest BCUT2D eigenvalue weighted by atomic mass is 32.2. The molecule has 1 aromatic carbocycles. The van der Waals surface area contributed by atoms with Crippen LogP contribution in [0.3, 0.4) is 0 Å². The van der Waals surface area contributed by atoms with Crippen LogP contribution >= 0.6 is 0 Å². The minimum absolute atomic E-state index is 0.0153. The fourth-order valence-corrected chi connectivity index (χ4v) is 6.18. The Kier molecular flexibility index (Phi) is 6.62. The van der Waals surface area contributed by atoms with E-state index in [0.29, 0.717) is 44.8 Å². The van der Waals surface area contributed by atoms with E-state index in [-0.39, 0.29) is 48.6 Å². The van der Waals surface area contributed by atoms with E-state index < -0.39 is 27.6 Å². The number of aromatic nitrogens is 1. The van der Waals surface area contributed by atoms with Crippen molar-refractivity contribution >= 4 is 32.7 Å². The number of piperidine rings is 1. The molecule has 3 aliphatic rings. The first-order valence-electron chi connectivity index (χ1n) is 11.9. The highest BCUT2D eigenvalue weighted by Gasteiger charge is 2.41. The number of carbonyl (C=O) groups excluding carboxylic acids is 1. The highest BCUT2D eigenvalue weighted by molar-refractivity contribution is 7.86. The summed E-state index contributed by atoms with van der Waals surface area (Å²) in [5.41, 5.74) is 0.624. The molecule has 196 valence electrons. The molecule has 0 unspecified atom stereocenters. The molecule has 3 aliphatic heterocycles. The molecule has 0 bridgehead atoms. The van der Waals surface area contributed by atoms with Crippen molar-refractivity contribution in [3.8, 4) is 0 Å². The molecule has 1 aromatic heterocycles. The Bertz CT molecular complexity index is 1270. The number of ether oxygens (including phenoxy) is 2. The van der Waals surface area contributed by atoms with Gasteiger partial charge in [-0.2, -0.15) is 17.0 Å². The summed E-state index contributed by atoms with van der Waals surface area (Å²) in [6.45, 7) is 2.64. The fraction of sp³-hybridized carbons (Fsp3) is 0.565. The minimum atomic E-state index is -3.59. The third-order valence-corrected chi connectivity index (χ3v) is 9.00. The molecule has 1 spiro atoms. The van der Waals surface area contributed by atoms with Crippen molar-refractivity contribution in [3.63, 3.8) is 0 Å². The zero-order chi connectivity index (χ0) is 25.7. The van der Waals surface area contributed by atoms with E-state index in [1.165, 1.54) is 30.7 Å². The second-order valence-corrected chi connectivity index (χ2v) is 11.5. The summed E-state index contributed by atoms with van der Waals surface area (Å²) in [5, 5.41) is 0.219. The number of rotatable bonds is 4. The van der Waals surface area contributed by atoms with Crippen LogP contribution in [0.2, 0.25) is 0 Å².